The average Bonchev–Trinajstić information content (AvgIpc) is 3.39. The number of halogens is 1. The summed E-state index contributed by atoms with van der Waals surface area (Å²) in [6, 6.07) is 6.57. The lowest BCUT2D eigenvalue weighted by atomic mass is 9.66. The summed E-state index contributed by atoms with van der Waals surface area (Å²) in [4.78, 5) is 47.6. The SMILES string of the molecule is CC(C)[C@@H](NC(=O)[C@@H]1CCN(C(=O)N2CCN(C)CC2)C1)C(=O)N1CC[C@](O)(c2ccc(Cl)cc2)C(C)(C)C1. The second-order valence-electron chi connectivity index (χ2n) is 12.5. The Hall–Kier alpha value is -2.36. The molecule has 10 heteroatoms. The Kier molecular flexibility index (Phi) is 8.83. The van der Waals surface area contributed by atoms with E-state index in [4.69, 9.17) is 11.6 Å². The lowest BCUT2D eigenvalue weighted by Gasteiger charge is -2.51. The summed E-state index contributed by atoms with van der Waals surface area (Å²) in [5, 5.41) is 15.3. The van der Waals surface area contributed by atoms with Crippen LogP contribution in [0.2, 0.25) is 5.02 Å². The van der Waals surface area contributed by atoms with E-state index >= 15 is 0 Å². The molecule has 1 aromatic rings. The fraction of sp³-hybridized carbons (Fsp3) is 0.690. The van der Waals surface area contributed by atoms with Crippen LogP contribution < -0.4 is 5.32 Å². The molecule has 4 amide bonds. The zero-order valence-corrected chi connectivity index (χ0v) is 24.7. The third-order valence-corrected chi connectivity index (χ3v) is 9.17. The Morgan fingerprint density at radius 2 is 1.62 bits per heavy atom. The lowest BCUT2D eigenvalue weighted by molar-refractivity contribution is -0.157. The molecule has 2 N–H and O–H groups in total. The van der Waals surface area contributed by atoms with E-state index in [1.807, 2.05) is 44.7 Å². The number of likely N-dealkylation sites (N-methyl/N-ethyl adjacent to an activating group) is 1. The van der Waals surface area contributed by atoms with E-state index in [9.17, 15) is 19.5 Å². The van der Waals surface area contributed by atoms with Crippen molar-refractivity contribution in [3.63, 3.8) is 0 Å². The summed E-state index contributed by atoms with van der Waals surface area (Å²) in [5.74, 6) is -0.744. The van der Waals surface area contributed by atoms with Crippen molar-refractivity contribution in [2.75, 3.05) is 59.4 Å². The predicted octanol–water partition coefficient (Wildman–Crippen LogP) is 2.62. The van der Waals surface area contributed by atoms with E-state index in [0.717, 1.165) is 18.7 Å². The van der Waals surface area contributed by atoms with Crippen LogP contribution in [0.1, 0.15) is 46.1 Å². The van der Waals surface area contributed by atoms with Crippen LogP contribution >= 0.6 is 11.6 Å². The zero-order valence-electron chi connectivity index (χ0n) is 24.0. The normalized spacial score (nSPS) is 26.6. The first-order valence-corrected chi connectivity index (χ1v) is 14.5. The molecule has 3 atom stereocenters. The lowest BCUT2D eigenvalue weighted by Crippen LogP contribution is -2.60. The number of nitrogens with zero attached hydrogens (tertiary/aromatic N) is 4. The maximum Gasteiger partial charge on any atom is 0.320 e. The van der Waals surface area contributed by atoms with Crippen LogP contribution in [-0.2, 0) is 15.2 Å². The van der Waals surface area contributed by atoms with Gasteiger partial charge in [-0.1, -0.05) is 51.4 Å². The number of nitrogens with one attached hydrogen (secondary N) is 1. The third kappa shape index (κ3) is 6.20. The van der Waals surface area contributed by atoms with Gasteiger partial charge in [-0.15, -0.1) is 0 Å². The fourth-order valence-corrected chi connectivity index (χ4v) is 6.22. The topological polar surface area (TPSA) is 96.4 Å². The van der Waals surface area contributed by atoms with Crippen molar-refractivity contribution in [3.05, 3.63) is 34.9 Å². The molecule has 0 saturated carbocycles. The van der Waals surface area contributed by atoms with Gasteiger partial charge in [0.25, 0.3) is 0 Å². The molecule has 3 fully saturated rings. The number of amides is 4. The van der Waals surface area contributed by atoms with Crippen molar-refractivity contribution in [1.29, 1.82) is 0 Å². The van der Waals surface area contributed by atoms with E-state index < -0.39 is 17.1 Å². The Balaban J connectivity index is 1.37. The minimum atomic E-state index is -1.10. The van der Waals surface area contributed by atoms with Crippen molar-refractivity contribution >= 4 is 29.4 Å². The highest BCUT2D eigenvalue weighted by Crippen LogP contribution is 2.46. The fourth-order valence-electron chi connectivity index (χ4n) is 6.10. The second-order valence-corrected chi connectivity index (χ2v) is 12.9. The van der Waals surface area contributed by atoms with Crippen LogP contribution in [0.15, 0.2) is 24.3 Å². The number of carbonyl (C=O) groups excluding carboxylic acids is 3. The molecule has 9 nitrogen and oxygen atoms in total. The van der Waals surface area contributed by atoms with Crippen LogP contribution in [-0.4, -0.2) is 108 Å². The number of piperazine rings is 1. The Morgan fingerprint density at radius 3 is 2.21 bits per heavy atom. The van der Waals surface area contributed by atoms with Crippen LogP contribution in [0.3, 0.4) is 0 Å². The van der Waals surface area contributed by atoms with Crippen LogP contribution in [0.5, 0.6) is 0 Å². The van der Waals surface area contributed by atoms with Crippen LogP contribution in [0.25, 0.3) is 0 Å². The number of piperidine rings is 1. The molecule has 0 aliphatic carbocycles. The van der Waals surface area contributed by atoms with E-state index in [2.05, 4.69) is 17.3 Å². The molecule has 0 unspecified atom stereocenters. The van der Waals surface area contributed by atoms with Gasteiger partial charge in [-0.2, -0.15) is 0 Å². The van der Waals surface area contributed by atoms with Crippen LogP contribution in [0, 0.1) is 17.3 Å². The van der Waals surface area contributed by atoms with Gasteiger partial charge in [0.2, 0.25) is 11.8 Å². The van der Waals surface area contributed by atoms with Crippen molar-refractivity contribution in [2.45, 2.75) is 52.2 Å². The first-order valence-electron chi connectivity index (χ1n) is 14.1. The summed E-state index contributed by atoms with van der Waals surface area (Å²) in [6.45, 7) is 12.6. The number of hydrogen-bond acceptors (Lipinski definition) is 5. The maximum absolute atomic E-state index is 13.7. The first kappa shape index (κ1) is 29.6. The third-order valence-electron chi connectivity index (χ3n) is 8.92. The summed E-state index contributed by atoms with van der Waals surface area (Å²) in [5.41, 5.74) is -0.931. The van der Waals surface area contributed by atoms with Crippen molar-refractivity contribution in [2.24, 2.45) is 17.3 Å². The van der Waals surface area contributed by atoms with Gasteiger partial charge in [-0.05, 0) is 43.5 Å². The number of carbonyl (C=O) groups is 3. The molecule has 1 aromatic carbocycles. The van der Waals surface area contributed by atoms with Gasteiger partial charge in [0.05, 0.1) is 11.5 Å². The number of benzene rings is 1. The number of likely N-dealkylation sites (tertiary alicyclic amines) is 2. The van der Waals surface area contributed by atoms with Crippen LogP contribution in [0.4, 0.5) is 4.79 Å². The zero-order chi connectivity index (χ0) is 28.5. The molecule has 3 saturated heterocycles. The molecule has 3 aliphatic rings. The van der Waals surface area contributed by atoms with Gasteiger partial charge < -0.3 is 30.0 Å². The van der Waals surface area contributed by atoms with E-state index in [-0.39, 0.29) is 29.7 Å². The van der Waals surface area contributed by atoms with Gasteiger partial charge in [0, 0.05) is 62.8 Å². The summed E-state index contributed by atoms with van der Waals surface area (Å²) >= 11 is 6.06. The minimum absolute atomic E-state index is 0.00129. The van der Waals surface area contributed by atoms with E-state index in [0.29, 0.717) is 57.1 Å². The summed E-state index contributed by atoms with van der Waals surface area (Å²) in [7, 11) is 2.05. The second kappa shape index (κ2) is 11.6. The number of aliphatic hydroxyl groups is 1. The van der Waals surface area contributed by atoms with E-state index in [1.54, 1.807) is 21.9 Å². The molecule has 3 heterocycles. The Morgan fingerprint density at radius 1 is 0.974 bits per heavy atom. The molecular weight excluding hydrogens is 518 g/mol. The number of hydrogen-bond donors (Lipinski definition) is 2. The van der Waals surface area contributed by atoms with Gasteiger partial charge in [0.1, 0.15) is 6.04 Å². The highest BCUT2D eigenvalue weighted by atomic mass is 35.5. The van der Waals surface area contributed by atoms with Gasteiger partial charge in [0.15, 0.2) is 0 Å². The average molecular weight is 562 g/mol. The number of urea groups is 1. The Labute approximate surface area is 237 Å². The van der Waals surface area contributed by atoms with Crippen molar-refractivity contribution < 1.29 is 19.5 Å². The molecule has 4 rings (SSSR count). The highest BCUT2D eigenvalue weighted by Gasteiger charge is 2.50. The predicted molar refractivity (Wildman–Crippen MR) is 151 cm³/mol. The van der Waals surface area contributed by atoms with Gasteiger partial charge >= 0.3 is 6.03 Å². The van der Waals surface area contributed by atoms with Crippen molar-refractivity contribution in [1.82, 2.24) is 24.9 Å². The van der Waals surface area contributed by atoms with Gasteiger partial charge in [-0.25, -0.2) is 4.79 Å². The van der Waals surface area contributed by atoms with Crippen molar-refractivity contribution in [3.8, 4) is 0 Å². The van der Waals surface area contributed by atoms with E-state index in [1.165, 1.54) is 0 Å². The summed E-state index contributed by atoms with van der Waals surface area (Å²) < 4.78 is 0. The maximum atomic E-state index is 13.7. The molecule has 0 aromatic heterocycles. The van der Waals surface area contributed by atoms with Gasteiger partial charge in [-0.3, -0.25) is 9.59 Å². The summed E-state index contributed by atoms with van der Waals surface area (Å²) in [6.07, 6.45) is 0.979. The molecule has 0 radical (unpaired) electrons. The quantitative estimate of drug-likeness (QED) is 0.576. The Bertz CT molecular complexity index is 1060. The largest absolute Gasteiger partial charge is 0.384 e. The number of rotatable bonds is 5. The smallest absolute Gasteiger partial charge is 0.320 e. The standard InChI is InChI=1S/C29H44ClN5O4/c1-20(2)24(31-25(36)21-10-12-34(18-21)27(38)33-16-14-32(5)15-17-33)26(37)35-13-11-29(39,28(3,4)19-35)22-6-8-23(30)9-7-22/h6-9,20-21,24,39H,10-19H2,1-5H3,(H,31,36)/t21-,24-,29+/m1/s1. The molecule has 3 aliphatic heterocycles. The minimum Gasteiger partial charge on any atom is -0.384 e. The molecule has 0 spiro atoms. The molecule has 0 bridgehead atoms. The molecule has 39 heavy (non-hydrogen) atoms. The highest BCUT2D eigenvalue weighted by molar-refractivity contribution is 6.30. The molecular formula is C29H44ClN5O4. The first-order chi connectivity index (χ1) is 18.3. The monoisotopic (exact) mass is 561 g/mol. The molecule has 216 valence electrons.